The predicted octanol–water partition coefficient (Wildman–Crippen LogP) is 3.04. The van der Waals surface area contributed by atoms with Crippen LogP contribution in [0.2, 0.25) is 5.02 Å². The van der Waals surface area contributed by atoms with Gasteiger partial charge in [0.25, 0.3) is 0 Å². The lowest BCUT2D eigenvalue weighted by molar-refractivity contribution is 0.195. The second kappa shape index (κ2) is 6.56. The van der Waals surface area contributed by atoms with E-state index >= 15 is 0 Å². The van der Waals surface area contributed by atoms with Crippen LogP contribution in [0.1, 0.15) is 23.0 Å². The van der Waals surface area contributed by atoms with Crippen LogP contribution in [0.3, 0.4) is 0 Å². The van der Waals surface area contributed by atoms with Crippen LogP contribution in [0.15, 0.2) is 42.5 Å². The van der Waals surface area contributed by atoms with E-state index in [-0.39, 0.29) is 6.04 Å². The Kier molecular flexibility index (Phi) is 4.54. The van der Waals surface area contributed by atoms with Crippen molar-refractivity contribution in [2.75, 3.05) is 26.2 Å². The van der Waals surface area contributed by atoms with Crippen molar-refractivity contribution in [2.24, 2.45) is 0 Å². The van der Waals surface area contributed by atoms with Gasteiger partial charge in [0.15, 0.2) is 0 Å². The van der Waals surface area contributed by atoms with Gasteiger partial charge < -0.3 is 5.32 Å². The van der Waals surface area contributed by atoms with E-state index in [0.717, 1.165) is 42.6 Å². The summed E-state index contributed by atoms with van der Waals surface area (Å²) in [6, 6.07) is 14.6. The number of benzene rings is 1. The average molecular weight is 302 g/mol. The highest BCUT2D eigenvalue weighted by Crippen LogP contribution is 2.28. The highest BCUT2D eigenvalue weighted by molar-refractivity contribution is 6.30. The quantitative estimate of drug-likeness (QED) is 0.944. The number of piperazine rings is 1. The molecule has 0 spiro atoms. The number of hydrogen-bond acceptors (Lipinski definition) is 3. The number of aryl methyl sites for hydroxylation is 1. The third kappa shape index (κ3) is 3.43. The molecule has 0 radical (unpaired) electrons. The van der Waals surface area contributed by atoms with E-state index in [0.29, 0.717) is 0 Å². The van der Waals surface area contributed by atoms with Crippen molar-refractivity contribution in [2.45, 2.75) is 13.0 Å². The molecule has 1 fully saturated rings. The number of nitrogens with zero attached hydrogens (tertiary/aromatic N) is 2. The van der Waals surface area contributed by atoms with Crippen molar-refractivity contribution in [1.82, 2.24) is 15.2 Å². The second-order valence-corrected chi connectivity index (χ2v) is 5.88. The zero-order chi connectivity index (χ0) is 14.7. The molecule has 1 aliphatic rings. The van der Waals surface area contributed by atoms with E-state index < -0.39 is 0 Å². The fraction of sp³-hybridized carbons (Fsp3) is 0.353. The van der Waals surface area contributed by atoms with E-state index in [1.54, 1.807) is 0 Å². The Balaban J connectivity index is 1.99. The summed E-state index contributed by atoms with van der Waals surface area (Å²) in [6.07, 6.45) is 0. The van der Waals surface area contributed by atoms with Crippen molar-refractivity contribution in [3.63, 3.8) is 0 Å². The lowest BCUT2D eigenvalue weighted by Crippen LogP contribution is -2.45. The molecule has 0 saturated carbocycles. The molecule has 0 bridgehead atoms. The van der Waals surface area contributed by atoms with Crippen LogP contribution in [0.25, 0.3) is 0 Å². The maximum Gasteiger partial charge on any atom is 0.0777 e. The second-order valence-electron chi connectivity index (χ2n) is 5.44. The molecule has 0 amide bonds. The molecule has 2 heterocycles. The van der Waals surface area contributed by atoms with Gasteiger partial charge in [-0.25, -0.2) is 0 Å². The molecule has 1 atom stereocenters. The van der Waals surface area contributed by atoms with E-state index in [1.165, 1.54) is 5.56 Å². The van der Waals surface area contributed by atoms with Gasteiger partial charge in [-0.3, -0.25) is 9.88 Å². The Morgan fingerprint density at radius 3 is 2.48 bits per heavy atom. The summed E-state index contributed by atoms with van der Waals surface area (Å²) < 4.78 is 0. The topological polar surface area (TPSA) is 28.2 Å². The molecule has 3 nitrogen and oxygen atoms in total. The molecule has 1 aliphatic heterocycles. The number of nitrogens with one attached hydrogen (secondary N) is 1. The van der Waals surface area contributed by atoms with Crippen LogP contribution < -0.4 is 5.32 Å². The smallest absolute Gasteiger partial charge is 0.0777 e. The monoisotopic (exact) mass is 301 g/mol. The highest BCUT2D eigenvalue weighted by atomic mass is 35.5. The highest BCUT2D eigenvalue weighted by Gasteiger charge is 2.24. The van der Waals surface area contributed by atoms with Crippen LogP contribution in [-0.4, -0.2) is 36.1 Å². The van der Waals surface area contributed by atoms with Crippen LogP contribution >= 0.6 is 11.6 Å². The summed E-state index contributed by atoms with van der Waals surface area (Å²) in [5.41, 5.74) is 3.42. The van der Waals surface area contributed by atoms with Crippen molar-refractivity contribution in [1.29, 1.82) is 0 Å². The summed E-state index contributed by atoms with van der Waals surface area (Å²) in [5.74, 6) is 0. The maximum absolute atomic E-state index is 6.03. The Morgan fingerprint density at radius 1 is 1.10 bits per heavy atom. The first-order valence-electron chi connectivity index (χ1n) is 7.38. The summed E-state index contributed by atoms with van der Waals surface area (Å²) in [4.78, 5) is 7.24. The van der Waals surface area contributed by atoms with Crippen molar-refractivity contribution in [3.05, 3.63) is 64.4 Å². The zero-order valence-corrected chi connectivity index (χ0v) is 13.0. The molecular weight excluding hydrogens is 282 g/mol. The van der Waals surface area contributed by atoms with Gasteiger partial charge in [0.2, 0.25) is 0 Å². The van der Waals surface area contributed by atoms with Gasteiger partial charge in [0, 0.05) is 36.9 Å². The average Bonchev–Trinajstić information content (AvgIpc) is 2.51. The first kappa shape index (κ1) is 14.5. The van der Waals surface area contributed by atoms with E-state index in [2.05, 4.69) is 34.5 Å². The fourth-order valence-electron chi connectivity index (χ4n) is 2.87. The van der Waals surface area contributed by atoms with Crippen LogP contribution in [0, 0.1) is 6.92 Å². The molecule has 0 aliphatic carbocycles. The zero-order valence-electron chi connectivity index (χ0n) is 12.2. The minimum atomic E-state index is 0.198. The molecule has 3 rings (SSSR count). The molecular formula is C17H20ClN3. The van der Waals surface area contributed by atoms with Gasteiger partial charge in [-0.15, -0.1) is 0 Å². The Labute approximate surface area is 131 Å². The molecule has 21 heavy (non-hydrogen) atoms. The van der Waals surface area contributed by atoms with E-state index in [1.807, 2.05) is 25.1 Å². The number of hydrogen-bond donors (Lipinski definition) is 1. The van der Waals surface area contributed by atoms with Crippen molar-refractivity contribution < 1.29 is 0 Å². The van der Waals surface area contributed by atoms with Gasteiger partial charge >= 0.3 is 0 Å². The van der Waals surface area contributed by atoms with Gasteiger partial charge in [0.1, 0.15) is 0 Å². The van der Waals surface area contributed by atoms with Crippen LogP contribution in [0.4, 0.5) is 0 Å². The third-order valence-electron chi connectivity index (χ3n) is 3.89. The first-order chi connectivity index (χ1) is 10.2. The Morgan fingerprint density at radius 2 is 1.81 bits per heavy atom. The molecule has 1 unspecified atom stereocenters. The molecule has 4 heteroatoms. The van der Waals surface area contributed by atoms with E-state index in [4.69, 9.17) is 16.6 Å². The number of pyridine rings is 1. The number of halogens is 1. The molecule has 110 valence electrons. The Bertz CT molecular complexity index is 591. The summed E-state index contributed by atoms with van der Waals surface area (Å²) in [7, 11) is 0. The Hall–Kier alpha value is -1.42. The van der Waals surface area contributed by atoms with Crippen LogP contribution in [-0.2, 0) is 0 Å². The van der Waals surface area contributed by atoms with Crippen molar-refractivity contribution >= 4 is 11.6 Å². The normalized spacial score (nSPS) is 17.6. The fourth-order valence-corrected chi connectivity index (χ4v) is 3.00. The van der Waals surface area contributed by atoms with Gasteiger partial charge in [-0.1, -0.05) is 29.8 Å². The summed E-state index contributed by atoms with van der Waals surface area (Å²) in [6.45, 7) is 6.15. The molecule has 1 saturated heterocycles. The summed E-state index contributed by atoms with van der Waals surface area (Å²) >= 11 is 6.03. The molecule has 1 N–H and O–H groups in total. The molecule has 1 aromatic carbocycles. The minimum Gasteiger partial charge on any atom is -0.314 e. The first-order valence-corrected chi connectivity index (χ1v) is 7.75. The maximum atomic E-state index is 6.03. The van der Waals surface area contributed by atoms with E-state index in [9.17, 15) is 0 Å². The number of aromatic nitrogens is 1. The lowest BCUT2D eigenvalue weighted by Gasteiger charge is -2.35. The van der Waals surface area contributed by atoms with Gasteiger partial charge in [-0.2, -0.15) is 0 Å². The summed E-state index contributed by atoms with van der Waals surface area (Å²) in [5, 5.41) is 4.18. The largest absolute Gasteiger partial charge is 0.314 e. The number of rotatable bonds is 3. The standard InChI is InChI=1S/C17H20ClN3/c1-13-3-2-4-16(20-13)17(21-11-9-19-10-12-21)14-5-7-15(18)8-6-14/h2-8,17,19H,9-12H2,1H3. The predicted molar refractivity (Wildman–Crippen MR) is 86.7 cm³/mol. The van der Waals surface area contributed by atoms with Gasteiger partial charge in [-0.05, 0) is 36.8 Å². The molecule has 1 aromatic heterocycles. The third-order valence-corrected chi connectivity index (χ3v) is 4.14. The van der Waals surface area contributed by atoms with Crippen LogP contribution in [0.5, 0.6) is 0 Å². The molecule has 2 aromatic rings. The van der Waals surface area contributed by atoms with Gasteiger partial charge in [0.05, 0.1) is 11.7 Å². The van der Waals surface area contributed by atoms with Crippen molar-refractivity contribution in [3.8, 4) is 0 Å². The SMILES string of the molecule is Cc1cccc(C(c2ccc(Cl)cc2)N2CCNCC2)n1. The minimum absolute atomic E-state index is 0.198. The lowest BCUT2D eigenvalue weighted by atomic mass is 10.0.